The Morgan fingerprint density at radius 2 is 2.21 bits per heavy atom. The topological polar surface area (TPSA) is 21.3 Å². The van der Waals surface area contributed by atoms with Crippen molar-refractivity contribution in [3.05, 3.63) is 27.1 Å². The van der Waals surface area contributed by atoms with Crippen molar-refractivity contribution in [2.45, 2.75) is 12.5 Å². The maximum atomic E-state index is 5.83. The Bertz CT molecular complexity index is 324. The average Bonchev–Trinajstić information content (AvgIpc) is 2.62. The number of ether oxygens (including phenoxy) is 1. The monoisotopic (exact) mass is 319 g/mol. The van der Waals surface area contributed by atoms with Crippen molar-refractivity contribution in [2.24, 2.45) is 0 Å². The molecule has 2 nitrogen and oxygen atoms in total. The number of hydrogen-bond donors (Lipinski definition) is 1. The zero-order valence-electron chi connectivity index (χ0n) is 7.59. The summed E-state index contributed by atoms with van der Waals surface area (Å²) in [6.07, 6.45) is 1.40. The van der Waals surface area contributed by atoms with Gasteiger partial charge in [-0.1, -0.05) is 15.9 Å². The van der Waals surface area contributed by atoms with Gasteiger partial charge in [-0.3, -0.25) is 0 Å². The van der Waals surface area contributed by atoms with E-state index in [4.69, 9.17) is 4.74 Å². The molecule has 1 aromatic carbocycles. The molecule has 14 heavy (non-hydrogen) atoms. The molecule has 1 saturated heterocycles. The van der Waals surface area contributed by atoms with Crippen LogP contribution in [0.5, 0.6) is 5.75 Å². The molecule has 0 spiro atoms. The highest BCUT2D eigenvalue weighted by atomic mass is 79.9. The van der Waals surface area contributed by atoms with Gasteiger partial charge in [0.15, 0.2) is 0 Å². The normalized spacial score (nSPS) is 21.1. The van der Waals surface area contributed by atoms with E-state index in [0.29, 0.717) is 6.10 Å². The molecule has 1 heterocycles. The number of nitrogens with one attached hydrogen (secondary N) is 1. The first-order valence-corrected chi connectivity index (χ1v) is 6.17. The molecule has 1 aromatic rings. The molecule has 0 saturated carbocycles. The third-order valence-electron chi connectivity index (χ3n) is 2.20. The Morgan fingerprint density at radius 3 is 2.86 bits per heavy atom. The van der Waals surface area contributed by atoms with Crippen molar-refractivity contribution < 1.29 is 4.74 Å². The van der Waals surface area contributed by atoms with Crippen LogP contribution in [0, 0.1) is 0 Å². The summed E-state index contributed by atoms with van der Waals surface area (Å²) in [6.45, 7) is 2.00. The van der Waals surface area contributed by atoms with E-state index in [1.807, 2.05) is 18.2 Å². The van der Waals surface area contributed by atoms with Crippen molar-refractivity contribution in [1.82, 2.24) is 5.32 Å². The van der Waals surface area contributed by atoms with E-state index in [-0.39, 0.29) is 0 Å². The minimum atomic E-state index is 0.312. The standard InChI is InChI=1S/C10H11Br2NO/c11-7-1-2-10(9(12)5-7)14-8-3-4-13-6-8/h1-2,5,8,13H,3-4,6H2. The molecule has 1 N–H and O–H groups in total. The molecule has 0 amide bonds. The van der Waals surface area contributed by atoms with Crippen molar-refractivity contribution >= 4 is 31.9 Å². The average molecular weight is 321 g/mol. The predicted molar refractivity (Wildman–Crippen MR) is 63.7 cm³/mol. The van der Waals surface area contributed by atoms with Gasteiger partial charge in [-0.05, 0) is 47.1 Å². The van der Waals surface area contributed by atoms with Gasteiger partial charge in [-0.25, -0.2) is 0 Å². The highest BCUT2D eigenvalue weighted by molar-refractivity contribution is 9.11. The molecule has 1 fully saturated rings. The number of hydrogen-bond acceptors (Lipinski definition) is 2. The third kappa shape index (κ3) is 2.49. The van der Waals surface area contributed by atoms with Crippen LogP contribution < -0.4 is 10.1 Å². The van der Waals surface area contributed by atoms with Gasteiger partial charge in [0.25, 0.3) is 0 Å². The summed E-state index contributed by atoms with van der Waals surface area (Å²) in [4.78, 5) is 0. The van der Waals surface area contributed by atoms with Crippen LogP contribution in [0.4, 0.5) is 0 Å². The fourth-order valence-corrected chi connectivity index (χ4v) is 2.62. The first-order chi connectivity index (χ1) is 6.75. The van der Waals surface area contributed by atoms with Gasteiger partial charge in [0.1, 0.15) is 11.9 Å². The maximum Gasteiger partial charge on any atom is 0.134 e. The number of rotatable bonds is 2. The van der Waals surface area contributed by atoms with Crippen LogP contribution in [0.3, 0.4) is 0 Å². The molecular weight excluding hydrogens is 310 g/mol. The van der Waals surface area contributed by atoms with E-state index in [1.54, 1.807) is 0 Å². The van der Waals surface area contributed by atoms with Crippen LogP contribution in [0.15, 0.2) is 27.1 Å². The molecule has 2 rings (SSSR count). The second-order valence-electron chi connectivity index (χ2n) is 3.31. The Hall–Kier alpha value is -0.0600. The zero-order valence-corrected chi connectivity index (χ0v) is 10.8. The van der Waals surface area contributed by atoms with Gasteiger partial charge in [0.2, 0.25) is 0 Å². The minimum Gasteiger partial charge on any atom is -0.488 e. The van der Waals surface area contributed by atoms with E-state index in [1.165, 1.54) is 0 Å². The van der Waals surface area contributed by atoms with Crippen molar-refractivity contribution in [2.75, 3.05) is 13.1 Å². The second kappa shape index (κ2) is 4.64. The van der Waals surface area contributed by atoms with Crippen molar-refractivity contribution in [3.8, 4) is 5.75 Å². The molecule has 0 aliphatic carbocycles. The Labute approximate surface area is 100 Å². The molecule has 0 radical (unpaired) electrons. The molecule has 1 atom stereocenters. The highest BCUT2D eigenvalue weighted by Gasteiger charge is 2.16. The lowest BCUT2D eigenvalue weighted by Gasteiger charge is -2.13. The zero-order chi connectivity index (χ0) is 9.97. The van der Waals surface area contributed by atoms with Crippen LogP contribution >= 0.6 is 31.9 Å². The molecular formula is C10H11Br2NO. The van der Waals surface area contributed by atoms with E-state index in [0.717, 1.165) is 34.2 Å². The Morgan fingerprint density at radius 1 is 1.36 bits per heavy atom. The SMILES string of the molecule is Brc1ccc(OC2CCNC2)c(Br)c1. The number of halogens is 2. The van der Waals surface area contributed by atoms with Crippen molar-refractivity contribution in [3.63, 3.8) is 0 Å². The third-order valence-corrected chi connectivity index (χ3v) is 3.32. The maximum absolute atomic E-state index is 5.83. The predicted octanol–water partition coefficient (Wildman–Crippen LogP) is 2.95. The lowest BCUT2D eigenvalue weighted by molar-refractivity contribution is 0.221. The summed E-state index contributed by atoms with van der Waals surface area (Å²) < 4.78 is 7.89. The summed E-state index contributed by atoms with van der Waals surface area (Å²) in [5, 5.41) is 3.27. The van der Waals surface area contributed by atoms with Gasteiger partial charge in [0.05, 0.1) is 4.47 Å². The van der Waals surface area contributed by atoms with Crippen LogP contribution in [0.25, 0.3) is 0 Å². The lowest BCUT2D eigenvalue weighted by Crippen LogP contribution is -2.19. The summed E-state index contributed by atoms with van der Waals surface area (Å²) >= 11 is 6.89. The van der Waals surface area contributed by atoms with E-state index in [2.05, 4.69) is 37.2 Å². The van der Waals surface area contributed by atoms with Crippen molar-refractivity contribution in [1.29, 1.82) is 0 Å². The van der Waals surface area contributed by atoms with E-state index >= 15 is 0 Å². The molecule has 1 unspecified atom stereocenters. The van der Waals surface area contributed by atoms with Gasteiger partial charge >= 0.3 is 0 Å². The highest BCUT2D eigenvalue weighted by Crippen LogP contribution is 2.29. The van der Waals surface area contributed by atoms with Crippen LogP contribution in [0.2, 0.25) is 0 Å². The fourth-order valence-electron chi connectivity index (χ4n) is 1.48. The molecule has 0 bridgehead atoms. The quantitative estimate of drug-likeness (QED) is 0.904. The van der Waals surface area contributed by atoms with Crippen LogP contribution in [-0.2, 0) is 0 Å². The summed E-state index contributed by atoms with van der Waals surface area (Å²) in [7, 11) is 0. The van der Waals surface area contributed by atoms with E-state index < -0.39 is 0 Å². The summed E-state index contributed by atoms with van der Waals surface area (Å²) in [6, 6.07) is 5.96. The van der Waals surface area contributed by atoms with Gasteiger partial charge < -0.3 is 10.1 Å². The minimum absolute atomic E-state index is 0.312. The molecule has 0 aromatic heterocycles. The number of benzene rings is 1. The molecule has 4 heteroatoms. The molecule has 1 aliphatic rings. The lowest BCUT2D eigenvalue weighted by atomic mass is 10.3. The molecule has 1 aliphatic heterocycles. The summed E-state index contributed by atoms with van der Waals surface area (Å²) in [5.41, 5.74) is 0. The Balaban J connectivity index is 2.08. The Kier molecular flexibility index (Phi) is 3.47. The van der Waals surface area contributed by atoms with Gasteiger partial charge in [-0.2, -0.15) is 0 Å². The molecule has 76 valence electrons. The van der Waals surface area contributed by atoms with Crippen LogP contribution in [0.1, 0.15) is 6.42 Å². The van der Waals surface area contributed by atoms with E-state index in [9.17, 15) is 0 Å². The second-order valence-corrected chi connectivity index (χ2v) is 5.08. The van der Waals surface area contributed by atoms with Gasteiger partial charge in [-0.15, -0.1) is 0 Å². The first-order valence-electron chi connectivity index (χ1n) is 4.58. The first kappa shape index (κ1) is 10.5. The largest absolute Gasteiger partial charge is 0.488 e. The van der Waals surface area contributed by atoms with Crippen LogP contribution in [-0.4, -0.2) is 19.2 Å². The van der Waals surface area contributed by atoms with Gasteiger partial charge in [0, 0.05) is 11.0 Å². The summed E-state index contributed by atoms with van der Waals surface area (Å²) in [5.74, 6) is 0.918. The fraction of sp³-hybridized carbons (Fsp3) is 0.400. The smallest absolute Gasteiger partial charge is 0.134 e.